The second-order valence-electron chi connectivity index (χ2n) is 6.95. The summed E-state index contributed by atoms with van der Waals surface area (Å²) >= 11 is 0. The molecule has 0 aliphatic carbocycles. The molecule has 4 rings (SSSR count). The van der Waals surface area contributed by atoms with E-state index in [2.05, 4.69) is 4.98 Å². The average molecular weight is 438 g/mol. The van der Waals surface area contributed by atoms with Crippen LogP contribution in [0.2, 0.25) is 0 Å². The summed E-state index contributed by atoms with van der Waals surface area (Å²) < 4.78 is 29.7. The Hall–Kier alpha value is -4.14. The van der Waals surface area contributed by atoms with Crippen molar-refractivity contribution in [3.63, 3.8) is 0 Å². The largest absolute Gasteiger partial charge is 0.489 e. The molecule has 164 valence electrons. The normalized spacial score (nSPS) is 11.0. The fourth-order valence-electron chi connectivity index (χ4n) is 3.23. The van der Waals surface area contributed by atoms with Gasteiger partial charge in [-0.25, -0.2) is 14.2 Å². The van der Waals surface area contributed by atoms with E-state index in [1.54, 1.807) is 31.2 Å². The maximum atomic E-state index is 13.0. The summed E-state index contributed by atoms with van der Waals surface area (Å²) in [6, 6.07) is 10.6. The van der Waals surface area contributed by atoms with E-state index in [0.29, 0.717) is 10.5 Å². The van der Waals surface area contributed by atoms with Crippen LogP contribution < -0.4 is 10.2 Å². The second-order valence-corrected chi connectivity index (χ2v) is 6.95. The number of esters is 1. The minimum absolute atomic E-state index is 0.0152. The zero-order valence-electron chi connectivity index (χ0n) is 17.3. The average Bonchev–Trinajstić information content (AvgIpc) is 3.07. The van der Waals surface area contributed by atoms with Crippen LogP contribution in [0.1, 0.15) is 28.7 Å². The summed E-state index contributed by atoms with van der Waals surface area (Å²) in [5.74, 6) is -0.746. The van der Waals surface area contributed by atoms with Crippen molar-refractivity contribution < 1.29 is 28.3 Å². The first kappa shape index (κ1) is 21.1. The van der Waals surface area contributed by atoms with Crippen LogP contribution in [0.15, 0.2) is 57.9 Å². The van der Waals surface area contributed by atoms with Crippen LogP contribution >= 0.6 is 0 Å². The predicted molar refractivity (Wildman–Crippen MR) is 112 cm³/mol. The molecule has 0 atom stereocenters. The van der Waals surface area contributed by atoms with E-state index in [0.717, 1.165) is 11.8 Å². The summed E-state index contributed by atoms with van der Waals surface area (Å²) in [5.41, 5.74) is 0.654. The number of carbonyl (C=O) groups excluding carboxylic acids is 1. The van der Waals surface area contributed by atoms with Crippen LogP contribution in [0.4, 0.5) is 4.39 Å². The van der Waals surface area contributed by atoms with Gasteiger partial charge >= 0.3 is 5.97 Å². The molecule has 9 heteroatoms. The lowest BCUT2D eigenvalue weighted by Crippen LogP contribution is -2.14. The van der Waals surface area contributed by atoms with Gasteiger partial charge in [-0.2, -0.15) is 4.73 Å². The summed E-state index contributed by atoms with van der Waals surface area (Å²) in [6.07, 6.45) is 1.16. The SMILES string of the molecule is CCOC(=O)c1c(C)nc(-c2coc3cc(OCc4ccc(F)cc4)ccc3c2=O)n1O. The van der Waals surface area contributed by atoms with Crippen molar-refractivity contribution in [3.05, 3.63) is 81.7 Å². The van der Waals surface area contributed by atoms with E-state index in [9.17, 15) is 19.2 Å². The zero-order valence-corrected chi connectivity index (χ0v) is 17.3. The van der Waals surface area contributed by atoms with Gasteiger partial charge in [0.2, 0.25) is 5.43 Å². The second kappa shape index (κ2) is 8.54. The molecular weight excluding hydrogens is 419 g/mol. The number of hydrogen-bond donors (Lipinski definition) is 1. The third kappa shape index (κ3) is 3.92. The van der Waals surface area contributed by atoms with Crippen LogP contribution in [0.3, 0.4) is 0 Å². The van der Waals surface area contributed by atoms with Gasteiger partial charge in [0, 0.05) is 6.07 Å². The van der Waals surface area contributed by atoms with Crippen molar-refractivity contribution in [1.29, 1.82) is 0 Å². The Balaban J connectivity index is 1.64. The number of aromatic nitrogens is 2. The van der Waals surface area contributed by atoms with Crippen molar-refractivity contribution in [2.45, 2.75) is 20.5 Å². The molecule has 0 spiro atoms. The number of nitrogens with zero attached hydrogens (tertiary/aromatic N) is 2. The minimum Gasteiger partial charge on any atom is -0.489 e. The van der Waals surface area contributed by atoms with E-state index in [1.807, 2.05) is 0 Å². The third-order valence-corrected chi connectivity index (χ3v) is 4.80. The van der Waals surface area contributed by atoms with E-state index in [4.69, 9.17) is 13.9 Å². The van der Waals surface area contributed by atoms with Gasteiger partial charge in [0.1, 0.15) is 35.6 Å². The summed E-state index contributed by atoms with van der Waals surface area (Å²) in [6.45, 7) is 3.51. The molecule has 2 aromatic carbocycles. The molecule has 0 radical (unpaired) electrons. The summed E-state index contributed by atoms with van der Waals surface area (Å²) in [7, 11) is 0. The van der Waals surface area contributed by atoms with Gasteiger partial charge in [-0.1, -0.05) is 12.1 Å². The maximum Gasteiger partial charge on any atom is 0.360 e. The monoisotopic (exact) mass is 438 g/mol. The third-order valence-electron chi connectivity index (χ3n) is 4.80. The molecule has 0 aliphatic heterocycles. The smallest absolute Gasteiger partial charge is 0.360 e. The maximum absolute atomic E-state index is 13.0. The van der Waals surface area contributed by atoms with E-state index < -0.39 is 11.4 Å². The Morgan fingerprint density at radius 3 is 2.69 bits per heavy atom. The number of hydrogen-bond acceptors (Lipinski definition) is 7. The van der Waals surface area contributed by atoms with Crippen molar-refractivity contribution in [3.8, 4) is 17.1 Å². The number of aryl methyl sites for hydroxylation is 1. The molecule has 2 heterocycles. The molecule has 4 aromatic rings. The molecular formula is C23H19FN2O6. The molecule has 0 amide bonds. The van der Waals surface area contributed by atoms with Gasteiger partial charge in [0.05, 0.1) is 17.7 Å². The molecule has 0 unspecified atom stereocenters. The highest BCUT2D eigenvalue weighted by molar-refractivity contribution is 5.90. The highest BCUT2D eigenvalue weighted by Crippen LogP contribution is 2.25. The van der Waals surface area contributed by atoms with Crippen molar-refractivity contribution in [2.24, 2.45) is 0 Å². The van der Waals surface area contributed by atoms with Gasteiger partial charge in [-0.05, 0) is 43.7 Å². The molecule has 32 heavy (non-hydrogen) atoms. The molecule has 0 aliphatic rings. The van der Waals surface area contributed by atoms with Gasteiger partial charge in [-0.15, -0.1) is 0 Å². The molecule has 0 bridgehead atoms. The molecule has 0 saturated heterocycles. The number of imidazole rings is 1. The van der Waals surface area contributed by atoms with Crippen LogP contribution in [0.5, 0.6) is 5.75 Å². The first-order chi connectivity index (χ1) is 15.4. The quantitative estimate of drug-likeness (QED) is 0.357. The van der Waals surface area contributed by atoms with E-state index >= 15 is 0 Å². The van der Waals surface area contributed by atoms with Crippen LogP contribution in [-0.4, -0.2) is 27.5 Å². The zero-order chi connectivity index (χ0) is 22.8. The summed E-state index contributed by atoms with van der Waals surface area (Å²) in [5, 5.41) is 10.7. The molecule has 2 aromatic heterocycles. The van der Waals surface area contributed by atoms with Crippen molar-refractivity contribution in [2.75, 3.05) is 6.61 Å². The standard InChI is InChI=1S/C23H19FN2O6/c1-3-30-23(28)20-13(2)25-22(26(20)29)18-12-32-19-10-16(8-9-17(19)21(18)27)31-11-14-4-6-15(24)7-5-14/h4-10,12,29H,3,11H2,1-2H3. The lowest BCUT2D eigenvalue weighted by atomic mass is 10.1. The first-order valence-electron chi connectivity index (χ1n) is 9.78. The lowest BCUT2D eigenvalue weighted by molar-refractivity contribution is 0.0476. The highest BCUT2D eigenvalue weighted by Gasteiger charge is 2.25. The molecule has 0 fully saturated rings. The number of ether oxygens (including phenoxy) is 2. The van der Waals surface area contributed by atoms with Crippen molar-refractivity contribution in [1.82, 2.24) is 9.71 Å². The Morgan fingerprint density at radius 1 is 1.22 bits per heavy atom. The fraction of sp³-hybridized carbons (Fsp3) is 0.174. The number of fused-ring (bicyclic) bond motifs is 1. The van der Waals surface area contributed by atoms with Crippen LogP contribution in [0, 0.1) is 12.7 Å². The van der Waals surface area contributed by atoms with E-state index in [-0.39, 0.29) is 52.8 Å². The highest BCUT2D eigenvalue weighted by atomic mass is 19.1. The Morgan fingerprint density at radius 2 is 1.97 bits per heavy atom. The Labute approximate surface area is 181 Å². The van der Waals surface area contributed by atoms with Crippen LogP contribution in [0.25, 0.3) is 22.4 Å². The Kier molecular flexibility index (Phi) is 5.63. The fourth-order valence-corrected chi connectivity index (χ4v) is 3.23. The van der Waals surface area contributed by atoms with Gasteiger partial charge < -0.3 is 19.1 Å². The topological polar surface area (TPSA) is 104 Å². The molecule has 1 N–H and O–H groups in total. The number of benzene rings is 2. The number of rotatable bonds is 6. The first-order valence-corrected chi connectivity index (χ1v) is 9.78. The summed E-state index contributed by atoms with van der Waals surface area (Å²) in [4.78, 5) is 29.2. The van der Waals surface area contributed by atoms with E-state index in [1.165, 1.54) is 25.1 Å². The number of carbonyl (C=O) groups is 1. The Bertz CT molecular complexity index is 1360. The predicted octanol–water partition coefficient (Wildman–Crippen LogP) is 4.10. The minimum atomic E-state index is -0.751. The van der Waals surface area contributed by atoms with Crippen molar-refractivity contribution >= 4 is 16.9 Å². The number of halogens is 1. The van der Waals surface area contributed by atoms with Gasteiger partial charge in [0.15, 0.2) is 11.5 Å². The van der Waals surface area contributed by atoms with Gasteiger partial charge in [0.25, 0.3) is 0 Å². The molecule has 8 nitrogen and oxygen atoms in total. The van der Waals surface area contributed by atoms with Crippen LogP contribution in [-0.2, 0) is 11.3 Å². The van der Waals surface area contributed by atoms with Gasteiger partial charge in [-0.3, -0.25) is 4.79 Å². The molecule has 0 saturated carbocycles. The lowest BCUT2D eigenvalue weighted by Gasteiger charge is -2.08.